The minimum atomic E-state index is 0. The lowest BCUT2D eigenvalue weighted by Gasteiger charge is -2.41. The number of nitrogens with zero attached hydrogens (tertiary/aromatic N) is 2. The molecule has 1 amide bonds. The number of methoxy groups -OCH3 is 1. The van der Waals surface area contributed by atoms with Gasteiger partial charge in [0.25, 0.3) is 0 Å². The van der Waals surface area contributed by atoms with Gasteiger partial charge in [-0.3, -0.25) is 9.69 Å². The molecule has 1 aliphatic rings. The number of hydrogen-bond acceptors (Lipinski definition) is 5. The summed E-state index contributed by atoms with van der Waals surface area (Å²) in [6, 6.07) is 0.446. The van der Waals surface area contributed by atoms with E-state index < -0.39 is 0 Å². The fourth-order valence-electron chi connectivity index (χ4n) is 2.61. The first kappa shape index (κ1) is 25.1. The van der Waals surface area contributed by atoms with Gasteiger partial charge in [0.05, 0.1) is 19.8 Å². The molecule has 0 saturated carbocycles. The number of carbonyl (C=O) groups excluding carboxylic acids is 1. The van der Waals surface area contributed by atoms with Crippen LogP contribution in [0.3, 0.4) is 0 Å². The molecule has 0 aromatic carbocycles. The van der Waals surface area contributed by atoms with Crippen LogP contribution in [0.25, 0.3) is 0 Å². The fraction of sp³-hybridized carbons (Fsp3) is 0.933. The second-order valence-corrected chi connectivity index (χ2v) is 5.30. The number of amides is 1. The molecule has 1 heterocycles. The molecule has 140 valence electrons. The Labute approximate surface area is 153 Å². The molecule has 0 bridgehead atoms. The largest absolute Gasteiger partial charge is 0.383 e. The predicted molar refractivity (Wildman–Crippen MR) is 98.0 cm³/mol. The van der Waals surface area contributed by atoms with Crippen LogP contribution in [0.5, 0.6) is 0 Å². The van der Waals surface area contributed by atoms with Crippen molar-refractivity contribution in [1.82, 2.24) is 15.1 Å². The monoisotopic (exact) mass is 373 g/mol. The molecule has 1 fully saturated rings. The first-order valence-electron chi connectivity index (χ1n) is 8.02. The zero-order valence-corrected chi connectivity index (χ0v) is 16.2. The Morgan fingerprint density at radius 1 is 1.22 bits per heavy atom. The summed E-state index contributed by atoms with van der Waals surface area (Å²) in [7, 11) is 1.66. The molecule has 1 N–H and O–H groups in total. The predicted octanol–water partition coefficient (Wildman–Crippen LogP) is 1.03. The molecule has 1 unspecified atom stereocenters. The first-order chi connectivity index (χ1) is 10.2. The van der Waals surface area contributed by atoms with Gasteiger partial charge in [-0.15, -0.1) is 24.8 Å². The molecular weight excluding hydrogens is 341 g/mol. The molecule has 1 rings (SSSR count). The molecule has 1 atom stereocenters. The molecule has 0 aromatic heterocycles. The van der Waals surface area contributed by atoms with E-state index >= 15 is 0 Å². The van der Waals surface area contributed by atoms with E-state index in [9.17, 15) is 4.79 Å². The van der Waals surface area contributed by atoms with E-state index in [1.807, 2.05) is 11.8 Å². The average molecular weight is 374 g/mol. The van der Waals surface area contributed by atoms with Gasteiger partial charge in [-0.25, -0.2) is 0 Å². The van der Waals surface area contributed by atoms with Crippen molar-refractivity contribution in [1.29, 1.82) is 0 Å². The summed E-state index contributed by atoms with van der Waals surface area (Å²) < 4.78 is 10.4. The van der Waals surface area contributed by atoms with Crippen LogP contribution < -0.4 is 5.32 Å². The lowest BCUT2D eigenvalue weighted by Crippen LogP contribution is -2.56. The summed E-state index contributed by atoms with van der Waals surface area (Å²) in [5.41, 5.74) is 0. The highest BCUT2D eigenvalue weighted by molar-refractivity contribution is 5.85. The Bertz CT molecular complexity index is 299. The van der Waals surface area contributed by atoms with Crippen LogP contribution in [0.2, 0.25) is 0 Å². The molecule has 1 aliphatic heterocycles. The van der Waals surface area contributed by atoms with E-state index in [0.29, 0.717) is 25.7 Å². The Balaban J connectivity index is 0. The molecule has 0 spiro atoms. The zero-order chi connectivity index (χ0) is 15.5. The smallest absolute Gasteiger partial charge is 0.236 e. The molecule has 0 radical (unpaired) electrons. The highest BCUT2D eigenvalue weighted by atomic mass is 35.5. The number of rotatable bonds is 10. The number of ether oxygens (including phenoxy) is 2. The van der Waals surface area contributed by atoms with E-state index in [1.54, 1.807) is 7.11 Å². The Morgan fingerprint density at radius 2 is 1.96 bits per heavy atom. The van der Waals surface area contributed by atoms with E-state index in [0.717, 1.165) is 45.8 Å². The summed E-state index contributed by atoms with van der Waals surface area (Å²) >= 11 is 0. The van der Waals surface area contributed by atoms with Gasteiger partial charge in [0.15, 0.2) is 0 Å². The van der Waals surface area contributed by atoms with Gasteiger partial charge in [0.2, 0.25) is 5.91 Å². The number of hydrogen-bond donors (Lipinski definition) is 1. The highest BCUT2D eigenvalue weighted by Crippen LogP contribution is 2.12. The van der Waals surface area contributed by atoms with E-state index in [4.69, 9.17) is 9.47 Å². The first-order valence-corrected chi connectivity index (χ1v) is 8.02. The standard InChI is InChI=1S/C15H31N3O3.2ClH/c1-4-14-13-18(15(19)12-16-6-10-20-3)8-7-17(14)9-11-21-5-2;;/h14,16H,4-13H2,1-3H3;2*1H. The van der Waals surface area contributed by atoms with Crippen LogP contribution in [-0.2, 0) is 14.3 Å². The molecule has 0 aliphatic carbocycles. The number of halogens is 2. The van der Waals surface area contributed by atoms with Crippen LogP contribution in [-0.4, -0.2) is 87.9 Å². The topological polar surface area (TPSA) is 54.0 Å². The SMILES string of the molecule is CCOCCN1CCN(C(=O)CNCCOC)CC1CC.Cl.Cl. The van der Waals surface area contributed by atoms with Crippen molar-refractivity contribution in [2.45, 2.75) is 26.3 Å². The number of nitrogens with one attached hydrogen (secondary N) is 1. The maximum Gasteiger partial charge on any atom is 0.236 e. The quantitative estimate of drug-likeness (QED) is 0.579. The Hall–Kier alpha value is -0.110. The molecule has 6 nitrogen and oxygen atoms in total. The van der Waals surface area contributed by atoms with E-state index in [1.165, 1.54) is 0 Å². The zero-order valence-electron chi connectivity index (χ0n) is 14.6. The lowest BCUT2D eigenvalue weighted by atomic mass is 10.1. The van der Waals surface area contributed by atoms with Crippen LogP contribution in [0.15, 0.2) is 0 Å². The van der Waals surface area contributed by atoms with Crippen molar-refractivity contribution >= 4 is 30.7 Å². The van der Waals surface area contributed by atoms with Gasteiger partial charge < -0.3 is 19.7 Å². The van der Waals surface area contributed by atoms with Crippen LogP contribution in [0, 0.1) is 0 Å². The summed E-state index contributed by atoms with van der Waals surface area (Å²) in [6.45, 7) is 11.0. The lowest BCUT2D eigenvalue weighted by molar-refractivity contribution is -0.133. The van der Waals surface area contributed by atoms with Gasteiger partial charge in [-0.2, -0.15) is 0 Å². The van der Waals surface area contributed by atoms with Crippen molar-refractivity contribution in [2.75, 3.05) is 66.2 Å². The second-order valence-electron chi connectivity index (χ2n) is 5.30. The minimum absolute atomic E-state index is 0. The third kappa shape index (κ3) is 9.69. The summed E-state index contributed by atoms with van der Waals surface area (Å²) in [6.07, 6.45) is 1.06. The van der Waals surface area contributed by atoms with Crippen LogP contribution >= 0.6 is 24.8 Å². The molecule has 1 saturated heterocycles. The molecule has 0 aromatic rings. The van der Waals surface area contributed by atoms with E-state index in [2.05, 4.69) is 17.1 Å². The Kier molecular flexibility index (Phi) is 16.9. The molecule has 8 heteroatoms. The van der Waals surface area contributed by atoms with Gasteiger partial charge in [-0.05, 0) is 13.3 Å². The summed E-state index contributed by atoms with van der Waals surface area (Å²) in [5.74, 6) is 0.189. The van der Waals surface area contributed by atoms with Crippen molar-refractivity contribution in [3.63, 3.8) is 0 Å². The maximum absolute atomic E-state index is 12.2. The minimum Gasteiger partial charge on any atom is -0.383 e. The van der Waals surface area contributed by atoms with Gasteiger partial charge in [0.1, 0.15) is 0 Å². The van der Waals surface area contributed by atoms with Crippen molar-refractivity contribution in [3.05, 3.63) is 0 Å². The Morgan fingerprint density at radius 3 is 2.57 bits per heavy atom. The highest BCUT2D eigenvalue weighted by Gasteiger charge is 2.27. The second kappa shape index (κ2) is 15.4. The van der Waals surface area contributed by atoms with Crippen molar-refractivity contribution in [3.8, 4) is 0 Å². The van der Waals surface area contributed by atoms with Gasteiger partial charge >= 0.3 is 0 Å². The van der Waals surface area contributed by atoms with Crippen LogP contribution in [0.1, 0.15) is 20.3 Å². The average Bonchev–Trinajstić information content (AvgIpc) is 2.51. The molecular formula is C15H33Cl2N3O3. The number of piperazine rings is 1. The van der Waals surface area contributed by atoms with Gasteiger partial charge in [-0.1, -0.05) is 6.92 Å². The number of carbonyl (C=O) groups is 1. The van der Waals surface area contributed by atoms with E-state index in [-0.39, 0.29) is 30.7 Å². The van der Waals surface area contributed by atoms with Crippen LogP contribution in [0.4, 0.5) is 0 Å². The normalized spacial score (nSPS) is 18.2. The third-order valence-corrected chi connectivity index (χ3v) is 3.91. The third-order valence-electron chi connectivity index (χ3n) is 3.91. The summed E-state index contributed by atoms with van der Waals surface area (Å²) in [4.78, 5) is 16.6. The summed E-state index contributed by atoms with van der Waals surface area (Å²) in [5, 5.41) is 3.12. The van der Waals surface area contributed by atoms with Crippen molar-refractivity contribution in [2.24, 2.45) is 0 Å². The van der Waals surface area contributed by atoms with Gasteiger partial charge in [0, 0.05) is 52.5 Å². The van der Waals surface area contributed by atoms with Crippen molar-refractivity contribution < 1.29 is 14.3 Å². The fourth-order valence-corrected chi connectivity index (χ4v) is 2.61. The maximum atomic E-state index is 12.2. The molecule has 23 heavy (non-hydrogen) atoms.